The molecule has 2 heterocycles. The number of aromatic amines is 1. The molecule has 22 heavy (non-hydrogen) atoms. The van der Waals surface area contributed by atoms with E-state index < -0.39 is 44.0 Å². The zero-order chi connectivity index (χ0) is 16.7. The fourth-order valence-electron chi connectivity index (χ4n) is 2.16. The number of aliphatic hydroxyl groups is 2. The fraction of sp³-hybridized carbons (Fsp3) is 0.600. The molecule has 0 spiro atoms. The van der Waals surface area contributed by atoms with Crippen molar-refractivity contribution in [3.63, 3.8) is 0 Å². The van der Waals surface area contributed by atoms with Crippen molar-refractivity contribution in [2.75, 3.05) is 6.61 Å². The number of nitrogens with zero attached hydrogens (tertiary/aromatic N) is 1. The van der Waals surface area contributed by atoms with Crippen molar-refractivity contribution in [3.8, 4) is 0 Å². The van der Waals surface area contributed by atoms with Gasteiger partial charge in [-0.05, 0) is 19.1 Å². The van der Waals surface area contributed by atoms with Crippen LogP contribution < -0.4 is 5.56 Å². The summed E-state index contributed by atoms with van der Waals surface area (Å²) in [6.07, 6.45) is -2.57. The molecule has 1 unspecified atom stereocenters. The van der Waals surface area contributed by atoms with Crippen LogP contribution in [0.2, 0.25) is 0 Å². The zero-order valence-electron chi connectivity index (χ0n) is 11.3. The van der Waals surface area contributed by atoms with Crippen LogP contribution in [-0.4, -0.2) is 54.0 Å². The lowest BCUT2D eigenvalue weighted by molar-refractivity contribution is -0.0978. The molecule has 0 aliphatic carbocycles. The highest BCUT2D eigenvalue weighted by Crippen LogP contribution is 2.41. The van der Waals surface area contributed by atoms with Crippen molar-refractivity contribution < 1.29 is 33.8 Å². The molecule has 1 aliphatic heterocycles. The van der Waals surface area contributed by atoms with Crippen molar-refractivity contribution in [2.45, 2.75) is 31.0 Å². The monoisotopic (exact) mass is 354 g/mol. The molecule has 124 valence electrons. The summed E-state index contributed by atoms with van der Waals surface area (Å²) in [6.45, 7) is 0.640. The lowest BCUT2D eigenvalue weighted by Gasteiger charge is -2.27. The number of rotatable bonds is 4. The highest BCUT2D eigenvalue weighted by atomic mass is 32.1. The second-order valence-electron chi connectivity index (χ2n) is 5.00. The topological polar surface area (TPSA) is 154 Å². The minimum atomic E-state index is -4.74. The van der Waals surface area contributed by atoms with Gasteiger partial charge in [0.05, 0.1) is 6.61 Å². The Morgan fingerprint density at radius 2 is 2.23 bits per heavy atom. The molecule has 0 aromatic carbocycles. The molecule has 2 rings (SSSR count). The Bertz CT molecular complexity index is 709. The van der Waals surface area contributed by atoms with Gasteiger partial charge in [-0.25, -0.2) is 4.57 Å². The Morgan fingerprint density at radius 3 is 2.77 bits per heavy atom. The van der Waals surface area contributed by atoms with Crippen LogP contribution >= 0.6 is 20.0 Å². The van der Waals surface area contributed by atoms with Crippen LogP contribution in [0.25, 0.3) is 0 Å². The first-order valence-electron chi connectivity index (χ1n) is 6.10. The third kappa shape index (κ3) is 3.53. The summed E-state index contributed by atoms with van der Waals surface area (Å²) in [6, 6.07) is 1.15. The van der Waals surface area contributed by atoms with Crippen LogP contribution in [0, 0.1) is 4.77 Å². The number of hydrogen-bond acceptors (Lipinski definition) is 7. The molecule has 0 bridgehead atoms. The first-order valence-corrected chi connectivity index (χ1v) is 8.03. The average Bonchev–Trinajstić information content (AvgIpc) is 2.59. The molecule has 1 fully saturated rings. The quantitative estimate of drug-likeness (QED) is 0.339. The lowest BCUT2D eigenvalue weighted by atomic mass is 9.96. The van der Waals surface area contributed by atoms with E-state index in [2.05, 4.69) is 9.51 Å². The van der Waals surface area contributed by atoms with E-state index in [1.807, 2.05) is 0 Å². The molecule has 0 saturated carbocycles. The van der Waals surface area contributed by atoms with Crippen LogP contribution in [0.15, 0.2) is 17.1 Å². The largest absolute Gasteiger partial charge is 0.469 e. The second kappa shape index (κ2) is 5.95. The number of ether oxygens (including phenoxy) is 1. The Morgan fingerprint density at radius 1 is 1.59 bits per heavy atom. The molecule has 1 aromatic heterocycles. The van der Waals surface area contributed by atoms with Gasteiger partial charge in [-0.2, -0.15) is 0 Å². The Hall–Kier alpha value is -0.910. The van der Waals surface area contributed by atoms with E-state index in [-0.39, 0.29) is 4.77 Å². The van der Waals surface area contributed by atoms with Gasteiger partial charge in [0.25, 0.3) is 5.56 Å². The van der Waals surface area contributed by atoms with Gasteiger partial charge in [-0.3, -0.25) is 18.9 Å². The summed E-state index contributed by atoms with van der Waals surface area (Å²) < 4.78 is 21.6. The van der Waals surface area contributed by atoms with E-state index in [1.165, 1.54) is 17.7 Å². The van der Waals surface area contributed by atoms with Crippen molar-refractivity contribution in [3.05, 3.63) is 27.4 Å². The third-order valence-corrected chi connectivity index (χ3v) is 4.06. The van der Waals surface area contributed by atoms with Crippen molar-refractivity contribution in [2.24, 2.45) is 0 Å². The number of aliphatic hydroxyl groups excluding tert-OH is 1. The molecule has 1 aromatic rings. The molecular formula is C10H15N2O8PS. The van der Waals surface area contributed by atoms with Gasteiger partial charge in [0.1, 0.15) is 17.8 Å². The summed E-state index contributed by atoms with van der Waals surface area (Å²) in [5, 5.41) is 20.4. The van der Waals surface area contributed by atoms with E-state index in [0.29, 0.717) is 0 Å². The zero-order valence-corrected chi connectivity index (χ0v) is 13.0. The predicted octanol–water partition coefficient (Wildman–Crippen LogP) is -0.976. The third-order valence-electron chi connectivity index (χ3n) is 3.27. The Balaban J connectivity index is 2.28. The van der Waals surface area contributed by atoms with Gasteiger partial charge < -0.3 is 24.7 Å². The Labute approximate surface area is 129 Å². The average molecular weight is 354 g/mol. The standard InChI is InChI=1S/C10H15N2O8PS/c1-10(15)7(14)5(4-19-21(16,17)18)20-8(10)12-3-2-6(13)11-9(12)22/h2-3,5,7-8,14-15H,4H2,1H3,(H,11,13,22)(H2,16,17,18)/t5-,7?,8-,10-/m1/s1. The summed E-state index contributed by atoms with van der Waals surface area (Å²) in [5.41, 5.74) is -2.26. The van der Waals surface area contributed by atoms with Crippen molar-refractivity contribution >= 4 is 20.0 Å². The van der Waals surface area contributed by atoms with E-state index in [0.717, 1.165) is 6.07 Å². The number of phosphoric ester groups is 1. The SMILES string of the molecule is C[C@@]1(O)C(O)[C@@H](COP(=O)(O)O)O[C@H]1n1ccc(=O)[nH]c1=S. The molecule has 4 atom stereocenters. The molecule has 0 radical (unpaired) electrons. The maximum atomic E-state index is 11.2. The second-order valence-corrected chi connectivity index (χ2v) is 6.63. The number of phosphoric acid groups is 1. The van der Waals surface area contributed by atoms with Gasteiger partial charge in [-0.15, -0.1) is 0 Å². The van der Waals surface area contributed by atoms with E-state index in [9.17, 15) is 19.6 Å². The number of aromatic nitrogens is 2. The van der Waals surface area contributed by atoms with Gasteiger partial charge in [-0.1, -0.05) is 0 Å². The van der Waals surface area contributed by atoms with Crippen molar-refractivity contribution in [1.82, 2.24) is 9.55 Å². The molecule has 0 amide bonds. The van der Waals surface area contributed by atoms with E-state index in [4.69, 9.17) is 26.7 Å². The predicted molar refractivity (Wildman–Crippen MR) is 74.4 cm³/mol. The summed E-state index contributed by atoms with van der Waals surface area (Å²) in [4.78, 5) is 30.9. The molecule has 1 aliphatic rings. The Kier molecular flexibility index (Phi) is 4.71. The highest BCUT2D eigenvalue weighted by molar-refractivity contribution is 7.71. The number of hydrogen-bond donors (Lipinski definition) is 5. The van der Waals surface area contributed by atoms with Gasteiger partial charge in [0.2, 0.25) is 0 Å². The molecule has 12 heteroatoms. The smallest absolute Gasteiger partial charge is 0.387 e. The molecule has 1 saturated heterocycles. The van der Waals surface area contributed by atoms with Gasteiger partial charge in [0.15, 0.2) is 11.0 Å². The molecule has 5 N–H and O–H groups in total. The van der Waals surface area contributed by atoms with Crippen LogP contribution in [0.5, 0.6) is 0 Å². The van der Waals surface area contributed by atoms with E-state index in [1.54, 1.807) is 0 Å². The van der Waals surface area contributed by atoms with Crippen LogP contribution in [0.3, 0.4) is 0 Å². The lowest BCUT2D eigenvalue weighted by Crippen LogP contribution is -2.44. The normalized spacial score (nSPS) is 32.3. The summed E-state index contributed by atoms with van der Waals surface area (Å²) in [5.74, 6) is 0. The van der Waals surface area contributed by atoms with Gasteiger partial charge in [0, 0.05) is 12.3 Å². The van der Waals surface area contributed by atoms with Crippen LogP contribution in [-0.2, 0) is 13.8 Å². The fourth-order valence-corrected chi connectivity index (χ4v) is 2.76. The molecular weight excluding hydrogens is 339 g/mol. The van der Waals surface area contributed by atoms with Crippen LogP contribution in [0.1, 0.15) is 13.2 Å². The van der Waals surface area contributed by atoms with E-state index >= 15 is 0 Å². The molecule has 10 nitrogen and oxygen atoms in total. The maximum absolute atomic E-state index is 11.2. The summed E-state index contributed by atoms with van der Waals surface area (Å²) in [7, 11) is -4.74. The first kappa shape index (κ1) is 17.4. The summed E-state index contributed by atoms with van der Waals surface area (Å²) >= 11 is 4.96. The maximum Gasteiger partial charge on any atom is 0.469 e. The minimum absolute atomic E-state index is 0.0402. The highest BCUT2D eigenvalue weighted by Gasteiger charge is 2.53. The van der Waals surface area contributed by atoms with Crippen LogP contribution in [0.4, 0.5) is 0 Å². The van der Waals surface area contributed by atoms with Crippen molar-refractivity contribution in [1.29, 1.82) is 0 Å². The number of H-pyrrole nitrogens is 1. The number of nitrogens with one attached hydrogen (secondary N) is 1. The van der Waals surface area contributed by atoms with Gasteiger partial charge >= 0.3 is 7.82 Å². The first-order chi connectivity index (χ1) is 10.0. The minimum Gasteiger partial charge on any atom is -0.387 e.